The lowest BCUT2D eigenvalue weighted by Gasteiger charge is -2.32. The molecule has 1 N–H and O–H groups in total. The number of hydrogen-bond donors (Lipinski definition) is 1. The number of hydrogen-bond acceptors (Lipinski definition) is 3. The molecule has 0 radical (unpaired) electrons. The summed E-state index contributed by atoms with van der Waals surface area (Å²) in [6.07, 6.45) is 3.12. The van der Waals surface area contributed by atoms with Crippen molar-refractivity contribution in [3.05, 3.63) is 35.9 Å². The van der Waals surface area contributed by atoms with E-state index in [0.29, 0.717) is 13.1 Å². The molecule has 1 aliphatic rings. The molecule has 22 heavy (non-hydrogen) atoms. The molecule has 122 valence electrons. The fraction of sp³-hybridized carbons (Fsp3) is 0.611. The Bertz CT molecular complexity index is 442. The van der Waals surface area contributed by atoms with Crippen molar-refractivity contribution in [3.63, 3.8) is 0 Å². The van der Waals surface area contributed by atoms with Crippen LogP contribution < -0.4 is 0 Å². The number of carbonyl (C=O) groups is 1. The molecular formula is C18H28N2O2. The maximum absolute atomic E-state index is 12.4. The molecule has 0 spiro atoms. The van der Waals surface area contributed by atoms with E-state index >= 15 is 0 Å². The molecule has 0 saturated carbocycles. The number of rotatable bonds is 7. The lowest BCUT2D eigenvalue weighted by Crippen LogP contribution is -2.45. The van der Waals surface area contributed by atoms with Gasteiger partial charge < -0.3 is 10.0 Å². The number of nitrogens with zero attached hydrogens (tertiary/aromatic N) is 2. The summed E-state index contributed by atoms with van der Waals surface area (Å²) < 4.78 is 0. The maximum atomic E-state index is 12.4. The first-order valence-corrected chi connectivity index (χ1v) is 8.34. The van der Waals surface area contributed by atoms with Crippen molar-refractivity contribution < 1.29 is 9.90 Å². The van der Waals surface area contributed by atoms with Gasteiger partial charge in [0, 0.05) is 26.2 Å². The van der Waals surface area contributed by atoms with E-state index < -0.39 is 0 Å². The topological polar surface area (TPSA) is 43.8 Å². The molecule has 1 heterocycles. The summed E-state index contributed by atoms with van der Waals surface area (Å²) >= 11 is 0. The van der Waals surface area contributed by atoms with Gasteiger partial charge in [-0.05, 0) is 30.7 Å². The van der Waals surface area contributed by atoms with E-state index in [2.05, 4.69) is 24.0 Å². The smallest absolute Gasteiger partial charge is 0.236 e. The van der Waals surface area contributed by atoms with Crippen molar-refractivity contribution in [2.45, 2.75) is 26.2 Å². The Morgan fingerprint density at radius 1 is 1.23 bits per heavy atom. The number of benzene rings is 1. The predicted molar refractivity (Wildman–Crippen MR) is 88.6 cm³/mol. The van der Waals surface area contributed by atoms with Gasteiger partial charge in [-0.3, -0.25) is 9.69 Å². The number of likely N-dealkylation sites (tertiary alicyclic amines) is 1. The van der Waals surface area contributed by atoms with Gasteiger partial charge in [0.05, 0.1) is 13.2 Å². The second-order valence-corrected chi connectivity index (χ2v) is 6.30. The van der Waals surface area contributed by atoms with Crippen LogP contribution in [0.15, 0.2) is 30.3 Å². The first kappa shape index (κ1) is 17.0. The zero-order chi connectivity index (χ0) is 15.8. The maximum Gasteiger partial charge on any atom is 0.236 e. The lowest BCUT2D eigenvalue weighted by atomic mass is 9.99. The van der Waals surface area contributed by atoms with Crippen molar-refractivity contribution >= 4 is 5.91 Å². The number of aliphatic hydroxyl groups is 1. The molecule has 2 rings (SSSR count). The van der Waals surface area contributed by atoms with Crippen LogP contribution in [0.2, 0.25) is 0 Å². The molecule has 1 amide bonds. The van der Waals surface area contributed by atoms with Crippen LogP contribution in [0.3, 0.4) is 0 Å². The Morgan fingerprint density at radius 2 is 1.91 bits per heavy atom. The third kappa shape index (κ3) is 5.43. The van der Waals surface area contributed by atoms with Crippen molar-refractivity contribution in [1.82, 2.24) is 9.80 Å². The van der Waals surface area contributed by atoms with E-state index in [0.717, 1.165) is 44.8 Å². The average molecular weight is 304 g/mol. The van der Waals surface area contributed by atoms with Gasteiger partial charge in [-0.2, -0.15) is 0 Å². The molecule has 0 bridgehead atoms. The molecule has 1 aliphatic heterocycles. The highest BCUT2D eigenvalue weighted by Crippen LogP contribution is 2.16. The highest BCUT2D eigenvalue weighted by Gasteiger charge is 2.21. The van der Waals surface area contributed by atoms with Crippen molar-refractivity contribution in [3.8, 4) is 0 Å². The average Bonchev–Trinajstić information content (AvgIpc) is 2.54. The molecule has 0 atom stereocenters. The fourth-order valence-corrected chi connectivity index (χ4v) is 2.89. The Kier molecular flexibility index (Phi) is 6.87. The van der Waals surface area contributed by atoms with Crippen LogP contribution in [-0.2, 0) is 11.2 Å². The molecule has 4 nitrogen and oxygen atoms in total. The quantitative estimate of drug-likeness (QED) is 0.835. The second kappa shape index (κ2) is 8.91. The summed E-state index contributed by atoms with van der Waals surface area (Å²) in [5.74, 6) is 0.934. The van der Waals surface area contributed by atoms with Gasteiger partial charge in [0.15, 0.2) is 0 Å². The minimum absolute atomic E-state index is 0.0963. The van der Waals surface area contributed by atoms with Crippen LogP contribution in [0.5, 0.6) is 0 Å². The Morgan fingerprint density at radius 3 is 2.55 bits per heavy atom. The van der Waals surface area contributed by atoms with Gasteiger partial charge in [-0.15, -0.1) is 0 Å². The molecular weight excluding hydrogens is 276 g/mol. The molecule has 1 saturated heterocycles. The zero-order valence-electron chi connectivity index (χ0n) is 13.6. The molecule has 1 aromatic carbocycles. The normalized spacial score (nSPS) is 16.2. The first-order chi connectivity index (χ1) is 10.7. The molecule has 4 heteroatoms. The Balaban J connectivity index is 1.81. The summed E-state index contributed by atoms with van der Waals surface area (Å²) in [7, 11) is 0. The van der Waals surface area contributed by atoms with Gasteiger partial charge in [0.1, 0.15) is 0 Å². The van der Waals surface area contributed by atoms with Crippen molar-refractivity contribution in [2.75, 3.05) is 39.3 Å². The van der Waals surface area contributed by atoms with Gasteiger partial charge >= 0.3 is 0 Å². The van der Waals surface area contributed by atoms with E-state index in [-0.39, 0.29) is 12.5 Å². The Hall–Kier alpha value is -1.39. The van der Waals surface area contributed by atoms with Gasteiger partial charge in [-0.25, -0.2) is 0 Å². The largest absolute Gasteiger partial charge is 0.395 e. The van der Waals surface area contributed by atoms with Gasteiger partial charge in [0.2, 0.25) is 5.91 Å². The van der Waals surface area contributed by atoms with E-state index in [4.69, 9.17) is 0 Å². The summed E-state index contributed by atoms with van der Waals surface area (Å²) in [4.78, 5) is 16.4. The predicted octanol–water partition coefficient (Wildman–Crippen LogP) is 1.78. The molecule has 1 fully saturated rings. The fourth-order valence-electron chi connectivity index (χ4n) is 2.89. The van der Waals surface area contributed by atoms with Crippen molar-refractivity contribution in [1.29, 1.82) is 0 Å². The first-order valence-electron chi connectivity index (χ1n) is 8.34. The third-order valence-corrected chi connectivity index (χ3v) is 4.47. The summed E-state index contributed by atoms with van der Waals surface area (Å²) in [5.41, 5.74) is 1.27. The van der Waals surface area contributed by atoms with Crippen LogP contribution in [0, 0.1) is 5.92 Å². The van der Waals surface area contributed by atoms with Crippen LogP contribution in [-0.4, -0.2) is 60.1 Å². The third-order valence-electron chi connectivity index (χ3n) is 4.47. The number of aliphatic hydroxyl groups excluding tert-OH is 1. The monoisotopic (exact) mass is 304 g/mol. The highest BCUT2D eigenvalue weighted by atomic mass is 16.3. The summed E-state index contributed by atoms with van der Waals surface area (Å²) in [6.45, 7) is 5.89. The summed E-state index contributed by atoms with van der Waals surface area (Å²) in [5, 5.41) is 9.23. The van der Waals surface area contributed by atoms with E-state index in [1.165, 1.54) is 5.56 Å². The van der Waals surface area contributed by atoms with E-state index in [1.54, 1.807) is 0 Å². The van der Waals surface area contributed by atoms with Crippen LogP contribution in [0.4, 0.5) is 0 Å². The number of piperidine rings is 1. The molecule has 1 aromatic rings. The zero-order valence-corrected chi connectivity index (χ0v) is 13.6. The standard InChI is InChI=1S/C18H28N2O2/c1-16-7-11-20(12-8-16)18(22)15-19(13-14-21)10-9-17-5-3-2-4-6-17/h2-6,16,21H,7-15H2,1H3. The van der Waals surface area contributed by atoms with Crippen LogP contribution in [0.1, 0.15) is 25.3 Å². The van der Waals surface area contributed by atoms with E-state index in [9.17, 15) is 9.90 Å². The van der Waals surface area contributed by atoms with Gasteiger partial charge in [-0.1, -0.05) is 37.3 Å². The summed E-state index contributed by atoms with van der Waals surface area (Å²) in [6, 6.07) is 10.3. The van der Waals surface area contributed by atoms with E-state index in [1.807, 2.05) is 23.1 Å². The number of amides is 1. The molecule has 0 aromatic heterocycles. The minimum atomic E-state index is 0.0963. The van der Waals surface area contributed by atoms with Crippen LogP contribution in [0.25, 0.3) is 0 Å². The Labute approximate surface area is 133 Å². The minimum Gasteiger partial charge on any atom is -0.395 e. The molecule has 0 unspecified atom stereocenters. The lowest BCUT2D eigenvalue weighted by molar-refractivity contribution is -0.133. The van der Waals surface area contributed by atoms with Crippen molar-refractivity contribution in [2.24, 2.45) is 5.92 Å². The van der Waals surface area contributed by atoms with Gasteiger partial charge in [0.25, 0.3) is 0 Å². The van der Waals surface area contributed by atoms with Crippen LogP contribution >= 0.6 is 0 Å². The number of carbonyl (C=O) groups excluding carboxylic acids is 1. The highest BCUT2D eigenvalue weighted by molar-refractivity contribution is 5.78. The molecule has 0 aliphatic carbocycles. The second-order valence-electron chi connectivity index (χ2n) is 6.30. The SMILES string of the molecule is CC1CCN(C(=O)CN(CCO)CCc2ccccc2)CC1.